The standard InChI is InChI=1S/C48H33NS2/c1-3-13-32(14-4-1)37-17-7-8-18-38(37)34-23-26-44(41(29-34)33-15-5-2-6-16-33)49(35-24-27-47-42(30-35)39-19-9-11-21-45(39)50-47)36-25-28-48-43(31-36)40-20-10-12-22-46(40)51-48/h1-11,13-21,23-31H,12,22H2. The lowest BCUT2D eigenvalue weighted by molar-refractivity contribution is 1.02. The zero-order valence-electron chi connectivity index (χ0n) is 27.9. The SMILES string of the molecule is C1=Cc2c(sc3ccc(N(c4ccc5sc6ccccc6c5c4)c4ccc(-c5ccccc5-c5ccccc5)cc4-c4ccccc4)cc23)CC1. The summed E-state index contributed by atoms with van der Waals surface area (Å²) in [5.41, 5.74) is 12.1. The first-order valence-electron chi connectivity index (χ1n) is 17.6. The lowest BCUT2D eigenvalue weighted by atomic mass is 9.91. The number of thiophene rings is 2. The summed E-state index contributed by atoms with van der Waals surface area (Å²) in [6, 6.07) is 60.3. The van der Waals surface area contributed by atoms with Gasteiger partial charge in [0, 0.05) is 52.1 Å². The van der Waals surface area contributed by atoms with E-state index in [4.69, 9.17) is 0 Å². The zero-order chi connectivity index (χ0) is 33.7. The van der Waals surface area contributed by atoms with Gasteiger partial charge in [0.05, 0.1) is 5.69 Å². The first-order chi connectivity index (χ1) is 25.3. The van der Waals surface area contributed by atoms with Gasteiger partial charge in [0.15, 0.2) is 0 Å². The molecular formula is C48H33NS2. The molecule has 0 bridgehead atoms. The molecule has 0 N–H and O–H groups in total. The van der Waals surface area contributed by atoms with E-state index >= 15 is 0 Å². The van der Waals surface area contributed by atoms with Gasteiger partial charge in [0.25, 0.3) is 0 Å². The molecule has 0 saturated carbocycles. The molecule has 2 heterocycles. The Bertz CT molecular complexity index is 2750. The number of benzene rings is 7. The van der Waals surface area contributed by atoms with Crippen LogP contribution in [0.1, 0.15) is 16.9 Å². The van der Waals surface area contributed by atoms with E-state index < -0.39 is 0 Å². The number of rotatable bonds is 6. The Morgan fingerprint density at radius 1 is 0.431 bits per heavy atom. The van der Waals surface area contributed by atoms with Gasteiger partial charge in [0.2, 0.25) is 0 Å². The van der Waals surface area contributed by atoms with Gasteiger partial charge in [-0.1, -0.05) is 121 Å². The normalized spacial score (nSPS) is 12.5. The molecule has 51 heavy (non-hydrogen) atoms. The van der Waals surface area contributed by atoms with Crippen molar-refractivity contribution in [3.8, 4) is 33.4 Å². The predicted octanol–water partition coefficient (Wildman–Crippen LogP) is 14.7. The quantitative estimate of drug-likeness (QED) is 0.168. The zero-order valence-corrected chi connectivity index (χ0v) is 29.6. The molecule has 0 radical (unpaired) electrons. The van der Waals surface area contributed by atoms with E-state index in [1.165, 1.54) is 74.1 Å². The van der Waals surface area contributed by atoms with Crippen molar-refractivity contribution in [1.82, 2.24) is 0 Å². The molecule has 0 spiro atoms. The van der Waals surface area contributed by atoms with Gasteiger partial charge >= 0.3 is 0 Å². The second-order valence-electron chi connectivity index (χ2n) is 13.2. The minimum absolute atomic E-state index is 1.12. The summed E-state index contributed by atoms with van der Waals surface area (Å²) in [4.78, 5) is 3.98. The summed E-state index contributed by atoms with van der Waals surface area (Å²) < 4.78 is 3.98. The molecule has 0 aliphatic heterocycles. The van der Waals surface area contributed by atoms with Crippen molar-refractivity contribution < 1.29 is 0 Å². The number of fused-ring (bicyclic) bond motifs is 6. The van der Waals surface area contributed by atoms with Crippen molar-refractivity contribution in [2.24, 2.45) is 0 Å². The molecule has 0 fully saturated rings. The largest absolute Gasteiger partial charge is 0.310 e. The number of anilines is 3. The summed E-state index contributed by atoms with van der Waals surface area (Å²) in [6.45, 7) is 0. The minimum atomic E-state index is 1.12. The molecule has 1 aliphatic rings. The molecule has 0 atom stereocenters. The van der Waals surface area contributed by atoms with E-state index in [1.807, 2.05) is 22.7 Å². The van der Waals surface area contributed by atoms with Crippen LogP contribution >= 0.6 is 22.7 Å². The van der Waals surface area contributed by atoms with Crippen LogP contribution in [0.15, 0.2) is 170 Å². The molecule has 0 amide bonds. The van der Waals surface area contributed by atoms with E-state index in [9.17, 15) is 0 Å². The lowest BCUT2D eigenvalue weighted by Gasteiger charge is -2.29. The Morgan fingerprint density at radius 3 is 1.80 bits per heavy atom. The third-order valence-electron chi connectivity index (χ3n) is 10.1. The predicted molar refractivity (Wildman–Crippen MR) is 223 cm³/mol. The number of allylic oxidation sites excluding steroid dienone is 1. The topological polar surface area (TPSA) is 3.24 Å². The van der Waals surface area contributed by atoms with Gasteiger partial charge in [-0.15, -0.1) is 22.7 Å². The maximum atomic E-state index is 2.48. The van der Waals surface area contributed by atoms with Gasteiger partial charge in [-0.2, -0.15) is 0 Å². The summed E-state index contributed by atoms with van der Waals surface area (Å²) in [5, 5.41) is 3.94. The van der Waals surface area contributed by atoms with E-state index in [2.05, 4.69) is 181 Å². The third kappa shape index (κ3) is 5.29. The molecule has 2 aromatic heterocycles. The second kappa shape index (κ2) is 12.5. The number of hydrogen-bond acceptors (Lipinski definition) is 3. The molecule has 0 saturated heterocycles. The van der Waals surface area contributed by atoms with Crippen molar-refractivity contribution in [2.45, 2.75) is 12.8 Å². The van der Waals surface area contributed by atoms with Crippen LogP contribution in [0.4, 0.5) is 17.1 Å². The van der Waals surface area contributed by atoms with Crippen molar-refractivity contribution in [2.75, 3.05) is 4.90 Å². The number of nitrogens with zero attached hydrogens (tertiary/aromatic N) is 1. The fraction of sp³-hybridized carbons (Fsp3) is 0.0417. The Labute approximate surface area is 306 Å². The van der Waals surface area contributed by atoms with Crippen LogP contribution in [0.5, 0.6) is 0 Å². The van der Waals surface area contributed by atoms with Gasteiger partial charge < -0.3 is 4.90 Å². The van der Waals surface area contributed by atoms with Gasteiger partial charge in [-0.3, -0.25) is 0 Å². The van der Waals surface area contributed by atoms with Crippen molar-refractivity contribution >= 4 is 76.1 Å². The average molecular weight is 688 g/mol. The van der Waals surface area contributed by atoms with Crippen LogP contribution in [0.2, 0.25) is 0 Å². The Hall–Kier alpha value is -5.74. The summed E-state index contributed by atoms with van der Waals surface area (Å²) >= 11 is 3.81. The Balaban J connectivity index is 1.23. The van der Waals surface area contributed by atoms with Crippen LogP contribution < -0.4 is 4.90 Å². The number of hydrogen-bond donors (Lipinski definition) is 0. The first-order valence-corrected chi connectivity index (χ1v) is 19.2. The molecular weight excluding hydrogens is 655 g/mol. The smallest absolute Gasteiger partial charge is 0.0540 e. The molecule has 3 heteroatoms. The fourth-order valence-corrected chi connectivity index (χ4v) is 9.99. The highest BCUT2D eigenvalue weighted by Gasteiger charge is 2.22. The van der Waals surface area contributed by atoms with Crippen molar-refractivity contribution in [3.63, 3.8) is 0 Å². The Kier molecular flexibility index (Phi) is 7.41. The van der Waals surface area contributed by atoms with E-state index in [1.54, 1.807) is 0 Å². The molecule has 10 rings (SSSR count). The maximum absolute atomic E-state index is 2.48. The summed E-state index contributed by atoms with van der Waals surface area (Å²) in [6.07, 6.45) is 6.90. The van der Waals surface area contributed by atoms with Crippen LogP contribution in [0.3, 0.4) is 0 Å². The molecule has 1 nitrogen and oxygen atoms in total. The monoisotopic (exact) mass is 687 g/mol. The number of aryl methyl sites for hydroxylation is 1. The van der Waals surface area contributed by atoms with Crippen LogP contribution in [-0.4, -0.2) is 0 Å². The summed E-state index contributed by atoms with van der Waals surface area (Å²) in [7, 11) is 0. The third-order valence-corrected chi connectivity index (χ3v) is 12.5. The van der Waals surface area contributed by atoms with Gasteiger partial charge in [-0.25, -0.2) is 0 Å². The van der Waals surface area contributed by atoms with Crippen molar-refractivity contribution in [1.29, 1.82) is 0 Å². The average Bonchev–Trinajstić information content (AvgIpc) is 3.77. The molecule has 0 unspecified atom stereocenters. The molecule has 9 aromatic rings. The highest BCUT2D eigenvalue weighted by atomic mass is 32.1. The maximum Gasteiger partial charge on any atom is 0.0540 e. The molecule has 242 valence electrons. The van der Waals surface area contributed by atoms with Crippen LogP contribution in [0, 0.1) is 0 Å². The van der Waals surface area contributed by atoms with Crippen molar-refractivity contribution in [3.05, 3.63) is 180 Å². The van der Waals surface area contributed by atoms with E-state index in [-0.39, 0.29) is 0 Å². The van der Waals surface area contributed by atoms with Gasteiger partial charge in [-0.05, 0) is 101 Å². The first kappa shape index (κ1) is 30.1. The highest BCUT2D eigenvalue weighted by Crippen LogP contribution is 2.47. The Morgan fingerprint density at radius 2 is 1.04 bits per heavy atom. The van der Waals surface area contributed by atoms with E-state index in [0.717, 1.165) is 29.9 Å². The highest BCUT2D eigenvalue weighted by molar-refractivity contribution is 7.25. The summed E-state index contributed by atoms with van der Waals surface area (Å²) in [5.74, 6) is 0. The van der Waals surface area contributed by atoms with Crippen LogP contribution in [0.25, 0.3) is 69.7 Å². The second-order valence-corrected chi connectivity index (χ2v) is 15.4. The van der Waals surface area contributed by atoms with Crippen LogP contribution in [-0.2, 0) is 6.42 Å². The molecule has 7 aromatic carbocycles. The molecule has 1 aliphatic carbocycles. The minimum Gasteiger partial charge on any atom is -0.310 e. The lowest BCUT2D eigenvalue weighted by Crippen LogP contribution is -2.11. The van der Waals surface area contributed by atoms with E-state index in [0.29, 0.717) is 0 Å². The van der Waals surface area contributed by atoms with Gasteiger partial charge in [0.1, 0.15) is 0 Å². The fourth-order valence-electron chi connectivity index (χ4n) is 7.71.